The molecule has 3 aromatic rings. The number of nitrogens with one attached hydrogen (secondary N) is 2. The Labute approximate surface area is 212 Å². The fourth-order valence-corrected chi connectivity index (χ4v) is 6.63. The third-order valence-corrected chi connectivity index (χ3v) is 8.56. The number of halogens is 3. The molecule has 0 aliphatic carbocycles. The summed E-state index contributed by atoms with van der Waals surface area (Å²) in [5.41, 5.74) is 0.415. The van der Waals surface area contributed by atoms with Gasteiger partial charge in [0.05, 0.1) is 16.4 Å². The van der Waals surface area contributed by atoms with Crippen molar-refractivity contribution in [3.05, 3.63) is 54.1 Å². The van der Waals surface area contributed by atoms with Crippen LogP contribution in [0.2, 0.25) is 0 Å². The highest BCUT2D eigenvalue weighted by Gasteiger charge is 2.33. The predicted molar refractivity (Wildman–Crippen MR) is 133 cm³/mol. The minimum Gasteiger partial charge on any atom is -0.406 e. The number of likely N-dealkylation sites (tertiary alicyclic amines) is 1. The summed E-state index contributed by atoms with van der Waals surface area (Å²) in [6, 6.07) is 12.2. The number of ether oxygens (including phenoxy) is 1. The highest BCUT2D eigenvalue weighted by molar-refractivity contribution is 7.85. The number of hydrogen-bond acceptors (Lipinski definition) is 5. The number of nitrogens with zero attached hydrogens (tertiary/aromatic N) is 1. The van der Waals surface area contributed by atoms with Crippen molar-refractivity contribution in [3.63, 3.8) is 0 Å². The number of anilines is 1. The van der Waals surface area contributed by atoms with Gasteiger partial charge in [0.2, 0.25) is 0 Å². The zero-order chi connectivity index (χ0) is 25.9. The van der Waals surface area contributed by atoms with Crippen molar-refractivity contribution in [2.24, 2.45) is 0 Å². The number of carbonyl (C=O) groups excluding carboxylic acids is 2. The molecule has 4 rings (SSSR count). The summed E-state index contributed by atoms with van der Waals surface area (Å²) >= 11 is 1.32. The lowest BCUT2D eigenvalue weighted by molar-refractivity contribution is -0.274. The molecule has 0 spiro atoms. The average molecular weight is 540 g/mol. The molecule has 0 bridgehead atoms. The van der Waals surface area contributed by atoms with Crippen LogP contribution in [-0.2, 0) is 10.8 Å². The van der Waals surface area contributed by atoms with Crippen LogP contribution < -0.4 is 15.4 Å². The second-order valence-corrected chi connectivity index (χ2v) is 10.9. The van der Waals surface area contributed by atoms with Gasteiger partial charge in [-0.15, -0.1) is 24.5 Å². The minimum atomic E-state index is -4.83. The molecular weight excluding hydrogens is 515 g/mol. The first kappa shape index (κ1) is 26.0. The first-order chi connectivity index (χ1) is 17.2. The van der Waals surface area contributed by atoms with E-state index in [1.54, 1.807) is 11.8 Å². The summed E-state index contributed by atoms with van der Waals surface area (Å²) in [6.45, 7) is 2.90. The van der Waals surface area contributed by atoms with Crippen molar-refractivity contribution >= 4 is 49.2 Å². The van der Waals surface area contributed by atoms with Crippen molar-refractivity contribution in [3.8, 4) is 5.75 Å². The molecule has 3 amide bonds. The normalized spacial score (nSPS) is 15.5. The fraction of sp³-hybridized carbons (Fsp3) is 0.333. The number of urea groups is 1. The van der Waals surface area contributed by atoms with E-state index < -0.39 is 28.9 Å². The minimum absolute atomic E-state index is 0.232. The first-order valence-electron chi connectivity index (χ1n) is 11.3. The standard InChI is InChI=1S/C24H24F3N3O4S2/c1-2-28-23(32)29-21-20(18-8-3-4-9-19(18)35-21)22(31)30-12-10-16(11-13-30)36(33)17-7-5-6-15(14-17)34-24(25,26)27/h3-9,14,16H,2,10-13H2,1H3,(H2,28,29,32). The average Bonchev–Trinajstić information content (AvgIpc) is 3.20. The maximum Gasteiger partial charge on any atom is 0.573 e. The van der Waals surface area contributed by atoms with Crippen molar-refractivity contribution in [2.75, 3.05) is 25.0 Å². The van der Waals surface area contributed by atoms with Gasteiger partial charge in [0.15, 0.2) is 0 Å². The Morgan fingerprint density at radius 1 is 1.14 bits per heavy atom. The molecule has 1 aliphatic rings. The van der Waals surface area contributed by atoms with E-state index in [4.69, 9.17) is 0 Å². The Morgan fingerprint density at radius 3 is 2.56 bits per heavy atom. The highest BCUT2D eigenvalue weighted by Crippen LogP contribution is 2.37. The number of benzene rings is 2. The Bertz CT molecular complexity index is 1290. The quantitative estimate of drug-likeness (QED) is 0.442. The zero-order valence-corrected chi connectivity index (χ0v) is 20.9. The van der Waals surface area contributed by atoms with Crippen molar-refractivity contribution < 1.29 is 31.7 Å². The summed E-state index contributed by atoms with van der Waals surface area (Å²) in [5, 5.41) is 6.31. The molecule has 2 heterocycles. The maximum atomic E-state index is 13.5. The number of piperidine rings is 1. The van der Waals surface area contributed by atoms with Crippen LogP contribution in [0.4, 0.5) is 23.0 Å². The topological polar surface area (TPSA) is 87.7 Å². The molecule has 1 atom stereocenters. The number of thiophene rings is 1. The van der Waals surface area contributed by atoms with E-state index in [1.807, 2.05) is 24.3 Å². The van der Waals surface area contributed by atoms with Gasteiger partial charge in [-0.2, -0.15) is 0 Å². The Morgan fingerprint density at radius 2 is 1.86 bits per heavy atom. The van der Waals surface area contributed by atoms with Crippen LogP contribution in [0.25, 0.3) is 10.1 Å². The van der Waals surface area contributed by atoms with Gasteiger partial charge in [-0.3, -0.25) is 14.3 Å². The zero-order valence-electron chi connectivity index (χ0n) is 19.3. The number of fused-ring (bicyclic) bond motifs is 1. The summed E-state index contributed by atoms with van der Waals surface area (Å²) in [5.74, 6) is -0.651. The van der Waals surface area contributed by atoms with Crippen molar-refractivity contribution in [1.29, 1.82) is 0 Å². The Kier molecular flexibility index (Phi) is 7.84. The number of carbonyl (C=O) groups is 2. The molecule has 36 heavy (non-hydrogen) atoms. The van der Waals surface area contributed by atoms with E-state index in [0.717, 1.165) is 22.2 Å². The molecular formula is C24H24F3N3O4S2. The third-order valence-electron chi connectivity index (χ3n) is 5.68. The van der Waals surface area contributed by atoms with Gasteiger partial charge in [-0.1, -0.05) is 24.3 Å². The van der Waals surface area contributed by atoms with Crippen molar-refractivity contribution in [1.82, 2.24) is 10.2 Å². The van der Waals surface area contributed by atoms with E-state index in [2.05, 4.69) is 15.4 Å². The van der Waals surface area contributed by atoms with Gasteiger partial charge >= 0.3 is 12.4 Å². The summed E-state index contributed by atoms with van der Waals surface area (Å²) in [7, 11) is -1.56. The second kappa shape index (κ2) is 10.9. The molecule has 1 unspecified atom stereocenters. The van der Waals surface area contributed by atoms with Crippen LogP contribution in [0.1, 0.15) is 30.1 Å². The van der Waals surface area contributed by atoms with Crippen LogP contribution in [0, 0.1) is 0 Å². The monoisotopic (exact) mass is 539 g/mol. The van der Waals surface area contributed by atoms with Gasteiger partial charge in [0, 0.05) is 39.9 Å². The van der Waals surface area contributed by atoms with Crippen LogP contribution in [0.15, 0.2) is 53.4 Å². The van der Waals surface area contributed by atoms with Gasteiger partial charge in [0.25, 0.3) is 5.91 Å². The molecule has 1 fully saturated rings. The fourth-order valence-electron chi connectivity index (χ4n) is 4.07. The predicted octanol–water partition coefficient (Wildman–Crippen LogP) is 5.35. The molecule has 1 saturated heterocycles. The van der Waals surface area contributed by atoms with Gasteiger partial charge < -0.3 is 15.0 Å². The summed E-state index contributed by atoms with van der Waals surface area (Å²) in [6.07, 6.45) is -3.99. The molecule has 0 radical (unpaired) electrons. The number of alkyl halides is 3. The number of amides is 3. The summed E-state index contributed by atoms with van der Waals surface area (Å²) < 4.78 is 55.5. The lowest BCUT2D eigenvalue weighted by Gasteiger charge is -2.31. The smallest absolute Gasteiger partial charge is 0.406 e. The molecule has 0 saturated carbocycles. The maximum absolute atomic E-state index is 13.5. The molecule has 1 aliphatic heterocycles. The lowest BCUT2D eigenvalue weighted by atomic mass is 10.1. The van der Waals surface area contributed by atoms with Crippen molar-refractivity contribution in [2.45, 2.75) is 36.3 Å². The first-order valence-corrected chi connectivity index (χ1v) is 13.3. The second-order valence-electron chi connectivity index (χ2n) is 8.10. The number of hydrogen-bond donors (Lipinski definition) is 2. The van der Waals surface area contributed by atoms with Gasteiger partial charge in [-0.25, -0.2) is 4.79 Å². The summed E-state index contributed by atoms with van der Waals surface area (Å²) in [4.78, 5) is 27.6. The highest BCUT2D eigenvalue weighted by atomic mass is 32.2. The molecule has 192 valence electrons. The Balaban J connectivity index is 1.47. The van der Waals surface area contributed by atoms with Gasteiger partial charge in [-0.05, 0) is 44.0 Å². The van der Waals surface area contributed by atoms with Crippen LogP contribution >= 0.6 is 11.3 Å². The molecule has 2 N–H and O–H groups in total. The van der Waals surface area contributed by atoms with Gasteiger partial charge in [0.1, 0.15) is 10.8 Å². The van der Waals surface area contributed by atoms with E-state index in [9.17, 15) is 27.0 Å². The molecule has 2 aromatic carbocycles. The van der Waals surface area contributed by atoms with Crippen LogP contribution in [-0.4, -0.2) is 52.3 Å². The van der Waals surface area contributed by atoms with E-state index in [-0.39, 0.29) is 16.1 Å². The van der Waals surface area contributed by atoms with E-state index in [0.29, 0.717) is 43.0 Å². The third kappa shape index (κ3) is 5.98. The molecule has 7 nitrogen and oxygen atoms in total. The SMILES string of the molecule is CCNC(=O)Nc1sc2ccccc2c1C(=O)N1CCC(S(=O)c2cccc(OC(F)(F)F)c2)CC1. The van der Waals surface area contributed by atoms with E-state index in [1.165, 1.54) is 23.5 Å². The van der Waals surface area contributed by atoms with E-state index >= 15 is 0 Å². The Hall–Kier alpha value is -3.12. The molecule has 12 heteroatoms. The lowest BCUT2D eigenvalue weighted by Crippen LogP contribution is -2.41. The van der Waals surface area contributed by atoms with Crippen LogP contribution in [0.3, 0.4) is 0 Å². The molecule has 1 aromatic heterocycles. The largest absolute Gasteiger partial charge is 0.573 e. The van der Waals surface area contributed by atoms with Crippen LogP contribution in [0.5, 0.6) is 5.75 Å². The number of rotatable bonds is 6.